The van der Waals surface area contributed by atoms with E-state index in [4.69, 9.17) is 19.9 Å². The fraction of sp³-hybridized carbons (Fsp3) is 0.111. The quantitative estimate of drug-likeness (QED) is 0.196. The molecule has 0 radical (unpaired) electrons. The van der Waals surface area contributed by atoms with E-state index in [1.54, 1.807) is 0 Å². The second kappa shape index (κ2) is 10.3. The van der Waals surface area contributed by atoms with Crippen molar-refractivity contribution in [1.82, 2.24) is 19.9 Å². The van der Waals surface area contributed by atoms with Crippen LogP contribution in [0.25, 0.3) is 43.3 Å². The van der Waals surface area contributed by atoms with Crippen LogP contribution in [0.15, 0.2) is 122 Å². The summed E-state index contributed by atoms with van der Waals surface area (Å²) in [5, 5.41) is 4.66. The van der Waals surface area contributed by atoms with E-state index in [0.29, 0.717) is 0 Å². The van der Waals surface area contributed by atoms with Crippen molar-refractivity contribution in [3.63, 3.8) is 0 Å². The Morgan fingerprint density at radius 2 is 0.878 bits per heavy atom. The zero-order chi connectivity index (χ0) is 27.8. The van der Waals surface area contributed by atoms with E-state index in [1.807, 2.05) is 36.7 Å². The van der Waals surface area contributed by atoms with Crippen molar-refractivity contribution in [2.75, 3.05) is 0 Å². The van der Waals surface area contributed by atoms with Crippen LogP contribution in [0.1, 0.15) is 36.6 Å². The SMILES string of the molecule is CC[Si]1(CC)C(c2ncc3ccccc3n2)=C(c2ccccc2)C(c2ccccc2)=C1c1ncc2ccccc2n1. The molecule has 0 bridgehead atoms. The van der Waals surface area contributed by atoms with Gasteiger partial charge in [-0.25, -0.2) is 19.9 Å². The first-order chi connectivity index (χ1) is 20.2. The first-order valence-corrected chi connectivity index (χ1v) is 16.7. The number of rotatable bonds is 6. The lowest BCUT2D eigenvalue weighted by atomic mass is 9.91. The summed E-state index contributed by atoms with van der Waals surface area (Å²) in [4.78, 5) is 20.6. The standard InChI is InChI=1S/C36H30N4Si/c1-3-41(4-2)33(35-37-23-27-19-11-13-21-29(27)39-35)31(25-15-7-5-8-16-25)32(26-17-9-6-10-18-26)34(41)36-38-24-28-20-12-14-22-30(28)40-36/h5-24H,3-4H2,1-2H3. The van der Waals surface area contributed by atoms with Crippen LogP contribution in [0.4, 0.5) is 0 Å². The van der Waals surface area contributed by atoms with Gasteiger partial charge in [-0.2, -0.15) is 0 Å². The zero-order valence-electron chi connectivity index (χ0n) is 23.3. The Hall–Kier alpha value is -4.74. The highest BCUT2D eigenvalue weighted by Gasteiger charge is 2.50. The molecule has 0 fully saturated rings. The molecule has 198 valence electrons. The summed E-state index contributed by atoms with van der Waals surface area (Å²) in [5.41, 5.74) is 6.71. The molecule has 5 heteroatoms. The molecule has 0 amide bonds. The maximum Gasteiger partial charge on any atom is 0.152 e. The van der Waals surface area contributed by atoms with Gasteiger partial charge in [-0.05, 0) is 44.8 Å². The summed E-state index contributed by atoms with van der Waals surface area (Å²) in [6, 6.07) is 40.0. The lowest BCUT2D eigenvalue weighted by Gasteiger charge is -2.30. The highest BCUT2D eigenvalue weighted by atomic mass is 28.3. The average molecular weight is 547 g/mol. The predicted molar refractivity (Wildman–Crippen MR) is 172 cm³/mol. The van der Waals surface area contributed by atoms with E-state index in [1.165, 1.54) is 32.7 Å². The van der Waals surface area contributed by atoms with Gasteiger partial charge in [0.15, 0.2) is 11.6 Å². The summed E-state index contributed by atoms with van der Waals surface area (Å²) < 4.78 is 0. The second-order valence-corrected chi connectivity index (χ2v) is 15.1. The number of fused-ring (bicyclic) bond motifs is 2. The molecule has 3 heterocycles. The summed E-state index contributed by atoms with van der Waals surface area (Å²) in [6.07, 6.45) is 3.95. The molecule has 41 heavy (non-hydrogen) atoms. The Bertz CT molecular complexity index is 1820. The van der Waals surface area contributed by atoms with Crippen molar-refractivity contribution < 1.29 is 0 Å². The Morgan fingerprint density at radius 3 is 1.29 bits per heavy atom. The van der Waals surface area contributed by atoms with Gasteiger partial charge in [0.05, 0.1) is 11.0 Å². The molecule has 4 nitrogen and oxygen atoms in total. The number of hydrogen-bond donors (Lipinski definition) is 0. The number of benzene rings is 4. The molecule has 6 aromatic rings. The third-order valence-corrected chi connectivity index (χ3v) is 13.7. The molecule has 0 aliphatic carbocycles. The highest BCUT2D eigenvalue weighted by Crippen LogP contribution is 2.57. The Labute approximate surface area is 241 Å². The van der Waals surface area contributed by atoms with E-state index in [0.717, 1.165) is 45.5 Å². The molecular weight excluding hydrogens is 517 g/mol. The molecule has 1 aliphatic rings. The summed E-state index contributed by atoms with van der Waals surface area (Å²) >= 11 is 0. The minimum absolute atomic E-state index is 0.821. The Balaban J connectivity index is 1.63. The minimum Gasteiger partial charge on any atom is -0.237 e. The maximum absolute atomic E-state index is 5.23. The van der Waals surface area contributed by atoms with Crippen molar-refractivity contribution in [3.05, 3.63) is 144 Å². The molecule has 0 atom stereocenters. The van der Waals surface area contributed by atoms with Crippen LogP contribution in [0.3, 0.4) is 0 Å². The first-order valence-electron chi connectivity index (χ1n) is 14.3. The summed E-state index contributed by atoms with van der Waals surface area (Å²) in [6.45, 7) is 4.66. The number of para-hydroxylation sites is 2. The van der Waals surface area contributed by atoms with E-state index in [-0.39, 0.29) is 0 Å². The zero-order valence-corrected chi connectivity index (χ0v) is 24.3. The fourth-order valence-electron chi connectivity index (χ4n) is 6.43. The van der Waals surface area contributed by atoms with Gasteiger partial charge in [-0.3, -0.25) is 0 Å². The van der Waals surface area contributed by atoms with Crippen molar-refractivity contribution >= 4 is 51.4 Å². The average Bonchev–Trinajstić information content (AvgIpc) is 3.36. The number of hydrogen-bond acceptors (Lipinski definition) is 4. The molecule has 0 saturated heterocycles. The topological polar surface area (TPSA) is 51.6 Å². The van der Waals surface area contributed by atoms with Gasteiger partial charge < -0.3 is 0 Å². The maximum atomic E-state index is 5.23. The number of aromatic nitrogens is 4. The van der Waals surface area contributed by atoms with Crippen molar-refractivity contribution in [2.45, 2.75) is 25.9 Å². The van der Waals surface area contributed by atoms with Crippen LogP contribution >= 0.6 is 0 Å². The lowest BCUT2D eigenvalue weighted by molar-refractivity contribution is 1.15. The summed E-state index contributed by atoms with van der Waals surface area (Å²) in [5.74, 6) is 1.64. The van der Waals surface area contributed by atoms with E-state index in [2.05, 4.69) is 98.8 Å². The van der Waals surface area contributed by atoms with Gasteiger partial charge in [0.1, 0.15) is 8.07 Å². The summed E-state index contributed by atoms with van der Waals surface area (Å²) in [7, 11) is -2.48. The second-order valence-electron chi connectivity index (χ2n) is 10.5. The van der Waals surface area contributed by atoms with Crippen LogP contribution in [0, 0.1) is 0 Å². The van der Waals surface area contributed by atoms with Gasteiger partial charge in [0.2, 0.25) is 0 Å². The Morgan fingerprint density at radius 1 is 0.488 bits per heavy atom. The number of allylic oxidation sites excluding steroid dienone is 2. The number of nitrogens with zero attached hydrogens (tertiary/aromatic N) is 4. The van der Waals surface area contributed by atoms with E-state index >= 15 is 0 Å². The Kier molecular flexibility index (Phi) is 6.37. The minimum atomic E-state index is -2.48. The normalized spacial score (nSPS) is 14.8. The first kappa shape index (κ1) is 25.2. The fourth-order valence-corrected chi connectivity index (χ4v) is 11.2. The smallest absolute Gasteiger partial charge is 0.152 e. The molecule has 0 N–H and O–H groups in total. The predicted octanol–water partition coefficient (Wildman–Crippen LogP) is 8.68. The highest BCUT2D eigenvalue weighted by molar-refractivity contribution is 7.14. The van der Waals surface area contributed by atoms with Crippen molar-refractivity contribution in [3.8, 4) is 0 Å². The molecule has 0 spiro atoms. The van der Waals surface area contributed by atoms with Crippen LogP contribution in [0.2, 0.25) is 12.1 Å². The molecule has 0 saturated carbocycles. The third kappa shape index (κ3) is 4.12. The van der Waals surface area contributed by atoms with Crippen LogP contribution in [-0.2, 0) is 0 Å². The van der Waals surface area contributed by atoms with Gasteiger partial charge in [-0.1, -0.05) is 123 Å². The van der Waals surface area contributed by atoms with Crippen LogP contribution in [-0.4, -0.2) is 28.0 Å². The van der Waals surface area contributed by atoms with Crippen LogP contribution in [0.5, 0.6) is 0 Å². The van der Waals surface area contributed by atoms with Crippen molar-refractivity contribution in [2.24, 2.45) is 0 Å². The van der Waals surface area contributed by atoms with E-state index < -0.39 is 8.07 Å². The molecule has 2 aromatic heterocycles. The van der Waals surface area contributed by atoms with Crippen molar-refractivity contribution in [1.29, 1.82) is 0 Å². The van der Waals surface area contributed by atoms with Gasteiger partial charge in [0.25, 0.3) is 0 Å². The van der Waals surface area contributed by atoms with E-state index in [9.17, 15) is 0 Å². The molecule has 1 aliphatic heterocycles. The molecular formula is C36H30N4Si. The molecule has 0 unspecified atom stereocenters. The largest absolute Gasteiger partial charge is 0.237 e. The molecule has 4 aromatic carbocycles. The van der Waals surface area contributed by atoms with Gasteiger partial charge in [-0.15, -0.1) is 0 Å². The lowest BCUT2D eigenvalue weighted by Crippen LogP contribution is -2.36. The molecule has 7 rings (SSSR count). The monoisotopic (exact) mass is 546 g/mol. The van der Waals surface area contributed by atoms with Crippen LogP contribution < -0.4 is 0 Å². The third-order valence-electron chi connectivity index (χ3n) is 8.46. The van der Waals surface area contributed by atoms with Gasteiger partial charge >= 0.3 is 0 Å². The van der Waals surface area contributed by atoms with Gasteiger partial charge in [0, 0.05) is 23.2 Å².